The Balaban J connectivity index is 1.59. The third-order valence-electron chi connectivity index (χ3n) is 5.28. The van der Waals surface area contributed by atoms with Crippen LogP contribution in [0, 0.1) is 0 Å². The Bertz CT molecular complexity index is 1320. The van der Waals surface area contributed by atoms with E-state index >= 15 is 0 Å². The molecule has 0 spiro atoms. The van der Waals surface area contributed by atoms with Gasteiger partial charge in [-0.2, -0.15) is 0 Å². The first-order valence-electron chi connectivity index (χ1n) is 9.75. The highest BCUT2D eigenvalue weighted by Crippen LogP contribution is 2.36. The molecular formula is C23H19BrN2O5S. The topological polar surface area (TPSA) is 104 Å². The zero-order valence-electron chi connectivity index (χ0n) is 16.9. The molecule has 0 aliphatic carbocycles. The van der Waals surface area contributed by atoms with Crippen LogP contribution in [0.5, 0.6) is 0 Å². The Morgan fingerprint density at radius 3 is 2.44 bits per heavy atom. The monoisotopic (exact) mass is 514 g/mol. The summed E-state index contributed by atoms with van der Waals surface area (Å²) in [5, 5.41) is 11.9. The number of amides is 1. The van der Waals surface area contributed by atoms with E-state index in [1.165, 1.54) is 40.7 Å². The summed E-state index contributed by atoms with van der Waals surface area (Å²) in [5.41, 5.74) is 1.93. The molecule has 0 aromatic heterocycles. The normalized spacial score (nSPS) is 15.3. The number of carbonyl (C=O) groups is 2. The lowest BCUT2D eigenvalue weighted by Gasteiger charge is -2.24. The molecule has 9 heteroatoms. The number of anilines is 2. The van der Waals surface area contributed by atoms with Crippen molar-refractivity contribution in [3.8, 4) is 0 Å². The number of carboxylic acid groups (broad SMARTS) is 1. The first kappa shape index (κ1) is 22.0. The highest BCUT2D eigenvalue weighted by atomic mass is 79.9. The van der Waals surface area contributed by atoms with Gasteiger partial charge in [0.05, 0.1) is 21.8 Å². The number of para-hydroxylation sites is 1. The molecule has 1 heterocycles. The zero-order valence-corrected chi connectivity index (χ0v) is 19.4. The number of hydrogen-bond acceptors (Lipinski definition) is 4. The molecule has 32 heavy (non-hydrogen) atoms. The maximum Gasteiger partial charge on any atom is 0.337 e. The summed E-state index contributed by atoms with van der Waals surface area (Å²) in [4.78, 5) is 24.2. The molecule has 0 bridgehead atoms. The number of carboxylic acids is 1. The fraction of sp³-hybridized carbons (Fsp3) is 0.130. The Morgan fingerprint density at radius 2 is 1.75 bits per heavy atom. The number of nitrogens with zero attached hydrogens (tertiary/aromatic N) is 1. The number of fused-ring (bicyclic) bond motifs is 1. The van der Waals surface area contributed by atoms with Gasteiger partial charge in [-0.3, -0.25) is 9.10 Å². The molecule has 0 saturated carbocycles. The lowest BCUT2D eigenvalue weighted by Crippen LogP contribution is -2.35. The average molecular weight is 515 g/mol. The smallest absolute Gasteiger partial charge is 0.337 e. The van der Waals surface area contributed by atoms with Gasteiger partial charge in [0.1, 0.15) is 0 Å². The van der Waals surface area contributed by atoms with Gasteiger partial charge in [-0.1, -0.05) is 34.1 Å². The van der Waals surface area contributed by atoms with Crippen LogP contribution in [0.15, 0.2) is 76.1 Å². The Labute approximate surface area is 193 Å². The molecule has 0 fully saturated rings. The molecule has 1 aliphatic heterocycles. The Morgan fingerprint density at radius 1 is 1.06 bits per heavy atom. The van der Waals surface area contributed by atoms with Crippen LogP contribution in [0.2, 0.25) is 0 Å². The predicted octanol–water partition coefficient (Wildman–Crippen LogP) is 4.54. The largest absolute Gasteiger partial charge is 0.478 e. The summed E-state index contributed by atoms with van der Waals surface area (Å²) in [6.07, 6.45) is 0.634. The maximum absolute atomic E-state index is 13.3. The SMILES string of the molecule is CC1Cc2ccccc2N1S(=O)(=O)c1ccc(C(=O)Nc2ccc(Br)cc2C(=O)O)cc1. The van der Waals surface area contributed by atoms with Crippen molar-refractivity contribution < 1.29 is 23.1 Å². The van der Waals surface area contributed by atoms with Gasteiger partial charge in [0.25, 0.3) is 15.9 Å². The molecule has 4 rings (SSSR count). The van der Waals surface area contributed by atoms with E-state index in [-0.39, 0.29) is 27.8 Å². The first-order valence-corrected chi connectivity index (χ1v) is 12.0. The number of hydrogen-bond donors (Lipinski definition) is 2. The molecule has 1 unspecified atom stereocenters. The third kappa shape index (κ3) is 4.01. The molecule has 0 saturated heterocycles. The van der Waals surface area contributed by atoms with Crippen LogP contribution in [0.1, 0.15) is 33.2 Å². The van der Waals surface area contributed by atoms with Crippen molar-refractivity contribution in [2.75, 3.05) is 9.62 Å². The summed E-state index contributed by atoms with van der Waals surface area (Å²) in [6.45, 7) is 1.86. The molecule has 3 aromatic rings. The van der Waals surface area contributed by atoms with E-state index in [1.807, 2.05) is 19.1 Å². The molecule has 3 aromatic carbocycles. The van der Waals surface area contributed by atoms with Crippen molar-refractivity contribution in [2.45, 2.75) is 24.3 Å². The molecule has 1 amide bonds. The Kier molecular flexibility index (Phi) is 5.79. The quantitative estimate of drug-likeness (QED) is 0.520. The second-order valence-corrected chi connectivity index (χ2v) is 10.2. The molecule has 1 aliphatic rings. The number of rotatable bonds is 5. The number of carbonyl (C=O) groups excluding carboxylic acids is 1. The number of aromatic carboxylic acids is 1. The predicted molar refractivity (Wildman–Crippen MR) is 125 cm³/mol. The van der Waals surface area contributed by atoms with Crippen molar-refractivity contribution in [1.29, 1.82) is 0 Å². The number of nitrogens with one attached hydrogen (secondary N) is 1. The van der Waals surface area contributed by atoms with Crippen molar-refractivity contribution >= 4 is 49.2 Å². The summed E-state index contributed by atoms with van der Waals surface area (Å²) < 4.78 is 28.6. The fourth-order valence-corrected chi connectivity index (χ4v) is 5.85. The van der Waals surface area contributed by atoms with Crippen molar-refractivity contribution in [3.05, 3.63) is 87.9 Å². The van der Waals surface area contributed by atoms with E-state index in [1.54, 1.807) is 18.2 Å². The van der Waals surface area contributed by atoms with Gasteiger partial charge in [0.2, 0.25) is 0 Å². The highest BCUT2D eigenvalue weighted by Gasteiger charge is 2.35. The van der Waals surface area contributed by atoms with Crippen LogP contribution in [0.4, 0.5) is 11.4 Å². The van der Waals surface area contributed by atoms with Gasteiger partial charge in [0, 0.05) is 16.1 Å². The van der Waals surface area contributed by atoms with E-state index < -0.39 is 21.9 Å². The Hall–Kier alpha value is -3.17. The van der Waals surface area contributed by atoms with Crippen LogP contribution in [0.25, 0.3) is 0 Å². The van der Waals surface area contributed by atoms with Gasteiger partial charge in [-0.15, -0.1) is 0 Å². The standard InChI is InChI=1S/C23H19BrN2O5S/c1-14-12-16-4-2-3-5-21(16)26(14)32(30,31)18-9-6-15(7-10-18)22(27)25-20-11-8-17(24)13-19(20)23(28)29/h2-11,13-14H,12H2,1H3,(H,25,27)(H,28,29). The lowest BCUT2D eigenvalue weighted by molar-refractivity contribution is 0.0698. The van der Waals surface area contributed by atoms with Crippen LogP contribution >= 0.6 is 15.9 Å². The van der Waals surface area contributed by atoms with Gasteiger partial charge < -0.3 is 10.4 Å². The number of sulfonamides is 1. The van der Waals surface area contributed by atoms with Gasteiger partial charge in [-0.25, -0.2) is 13.2 Å². The lowest BCUT2D eigenvalue weighted by atomic mass is 10.1. The molecule has 164 valence electrons. The van der Waals surface area contributed by atoms with Crippen LogP contribution in [0.3, 0.4) is 0 Å². The van der Waals surface area contributed by atoms with Gasteiger partial charge >= 0.3 is 5.97 Å². The van der Waals surface area contributed by atoms with Gasteiger partial charge in [-0.05, 0) is 67.4 Å². The summed E-state index contributed by atoms with van der Waals surface area (Å²) >= 11 is 3.21. The van der Waals surface area contributed by atoms with Crippen LogP contribution in [-0.2, 0) is 16.4 Å². The minimum atomic E-state index is -3.81. The van der Waals surface area contributed by atoms with E-state index in [4.69, 9.17) is 0 Å². The van der Waals surface area contributed by atoms with Crippen molar-refractivity contribution in [1.82, 2.24) is 0 Å². The molecular weight excluding hydrogens is 496 g/mol. The minimum absolute atomic E-state index is 0.0615. The van der Waals surface area contributed by atoms with E-state index in [2.05, 4.69) is 21.2 Å². The van der Waals surface area contributed by atoms with Gasteiger partial charge in [0.15, 0.2) is 0 Å². The maximum atomic E-state index is 13.3. The number of halogens is 1. The van der Waals surface area contributed by atoms with E-state index in [0.29, 0.717) is 16.6 Å². The molecule has 7 nitrogen and oxygen atoms in total. The van der Waals surface area contributed by atoms with Crippen molar-refractivity contribution in [2.24, 2.45) is 0 Å². The van der Waals surface area contributed by atoms with Crippen molar-refractivity contribution in [3.63, 3.8) is 0 Å². The van der Waals surface area contributed by atoms with Crippen LogP contribution in [-0.4, -0.2) is 31.4 Å². The molecule has 0 radical (unpaired) electrons. The zero-order chi connectivity index (χ0) is 23.0. The summed E-state index contributed by atoms with van der Waals surface area (Å²) in [7, 11) is -3.81. The number of benzene rings is 3. The minimum Gasteiger partial charge on any atom is -0.478 e. The molecule has 1 atom stereocenters. The summed E-state index contributed by atoms with van der Waals surface area (Å²) in [5.74, 6) is -1.72. The second-order valence-electron chi connectivity index (χ2n) is 7.46. The van der Waals surface area contributed by atoms with E-state index in [9.17, 15) is 23.1 Å². The van der Waals surface area contributed by atoms with Crippen LogP contribution < -0.4 is 9.62 Å². The first-order chi connectivity index (χ1) is 15.2. The molecule has 2 N–H and O–H groups in total. The summed E-state index contributed by atoms with van der Waals surface area (Å²) in [6, 6.07) is 17.3. The third-order valence-corrected chi connectivity index (χ3v) is 7.71. The highest BCUT2D eigenvalue weighted by molar-refractivity contribution is 9.10. The van der Waals surface area contributed by atoms with E-state index in [0.717, 1.165) is 5.56 Å². The second kappa shape index (κ2) is 8.40. The fourth-order valence-electron chi connectivity index (χ4n) is 3.79. The average Bonchev–Trinajstić information content (AvgIpc) is 3.11.